The van der Waals surface area contributed by atoms with Gasteiger partial charge in [-0.3, -0.25) is 4.68 Å². The quantitative estimate of drug-likeness (QED) is 0.606. The van der Waals surface area contributed by atoms with Crippen LogP contribution in [0.3, 0.4) is 0 Å². The number of alkyl halides is 2. The first kappa shape index (κ1) is 17.0. The molecule has 25 heavy (non-hydrogen) atoms. The Morgan fingerprint density at radius 3 is 2.60 bits per heavy atom. The summed E-state index contributed by atoms with van der Waals surface area (Å²) in [4.78, 5) is 8.66. The molecular weight excluding hydrogens is 328 g/mol. The lowest BCUT2D eigenvalue weighted by molar-refractivity contribution is 0.163. The third kappa shape index (κ3) is 4.00. The van der Waals surface area contributed by atoms with Gasteiger partial charge in [-0.1, -0.05) is 30.3 Å². The Morgan fingerprint density at radius 2 is 1.88 bits per heavy atom. The Hall–Kier alpha value is -2.81. The second kappa shape index (κ2) is 7.39. The van der Waals surface area contributed by atoms with E-state index in [1.807, 2.05) is 30.3 Å². The maximum absolute atomic E-state index is 12.5. The van der Waals surface area contributed by atoms with Crippen molar-refractivity contribution in [2.24, 2.45) is 12.8 Å². The second-order valence-corrected chi connectivity index (χ2v) is 5.57. The smallest absolute Gasteiger partial charge is 0.255 e. The molecule has 0 unspecified atom stereocenters. The number of benzene rings is 1. The van der Waals surface area contributed by atoms with Gasteiger partial charge in [0.2, 0.25) is 5.95 Å². The summed E-state index contributed by atoms with van der Waals surface area (Å²) in [6.07, 6.45) is -0.938. The summed E-state index contributed by atoms with van der Waals surface area (Å²) in [5.41, 5.74) is 7.67. The molecule has 3 rings (SSSR count). The largest absolute Gasteiger partial charge is 0.364 e. The Kier molecular flexibility index (Phi) is 5.03. The van der Waals surface area contributed by atoms with E-state index >= 15 is 0 Å². The molecular formula is C16H19F2N7. The van der Waals surface area contributed by atoms with Crippen LogP contribution in [0.2, 0.25) is 0 Å². The fraction of sp³-hybridized carbons (Fsp3) is 0.312. The first-order chi connectivity index (χ1) is 12.0. The molecule has 0 bridgehead atoms. The highest BCUT2D eigenvalue weighted by Gasteiger charge is 2.14. The molecule has 0 saturated carbocycles. The average Bonchev–Trinajstić information content (AvgIpc) is 2.99. The van der Waals surface area contributed by atoms with Gasteiger partial charge in [0, 0.05) is 19.6 Å². The molecule has 2 aromatic heterocycles. The molecule has 2 heterocycles. The zero-order valence-electron chi connectivity index (χ0n) is 13.7. The van der Waals surface area contributed by atoms with E-state index in [9.17, 15) is 8.78 Å². The molecule has 9 heteroatoms. The number of nitrogens with two attached hydrogens (primary N) is 1. The summed E-state index contributed by atoms with van der Waals surface area (Å²) >= 11 is 0. The minimum Gasteiger partial charge on any atom is -0.364 e. The Labute approximate surface area is 143 Å². The molecule has 0 fully saturated rings. The van der Waals surface area contributed by atoms with Crippen LogP contribution in [-0.2, 0) is 7.05 Å². The molecule has 1 atom stereocenters. The van der Waals surface area contributed by atoms with Crippen LogP contribution in [0.5, 0.6) is 0 Å². The van der Waals surface area contributed by atoms with Crippen molar-refractivity contribution in [3.05, 3.63) is 42.1 Å². The minimum absolute atomic E-state index is 0.246. The predicted molar refractivity (Wildman–Crippen MR) is 92.7 cm³/mol. The number of rotatable bonds is 7. The number of hydrogen-bond donors (Lipinski definition) is 3. The summed E-state index contributed by atoms with van der Waals surface area (Å²) in [6.45, 7) is -0.0916. The highest BCUT2D eigenvalue weighted by Crippen LogP contribution is 2.22. The fourth-order valence-corrected chi connectivity index (χ4v) is 2.43. The molecule has 0 spiro atoms. The van der Waals surface area contributed by atoms with Crippen molar-refractivity contribution in [2.75, 3.05) is 23.7 Å². The molecule has 4 N–H and O–H groups in total. The fourth-order valence-electron chi connectivity index (χ4n) is 2.43. The van der Waals surface area contributed by atoms with Crippen molar-refractivity contribution < 1.29 is 8.78 Å². The van der Waals surface area contributed by atoms with Crippen LogP contribution >= 0.6 is 0 Å². The molecule has 3 aromatic rings. The van der Waals surface area contributed by atoms with Crippen LogP contribution in [0.1, 0.15) is 11.6 Å². The SMILES string of the molecule is Cn1ncc2c(NCC(F)F)nc(NC[C@H](N)c3ccccc3)nc21. The van der Waals surface area contributed by atoms with Crippen LogP contribution in [0.25, 0.3) is 11.0 Å². The molecule has 7 nitrogen and oxygen atoms in total. The van der Waals surface area contributed by atoms with Crippen molar-refractivity contribution in [2.45, 2.75) is 12.5 Å². The summed E-state index contributed by atoms with van der Waals surface area (Å²) in [5, 5.41) is 10.4. The zero-order valence-corrected chi connectivity index (χ0v) is 13.7. The monoisotopic (exact) mass is 347 g/mol. The lowest BCUT2D eigenvalue weighted by Crippen LogP contribution is -2.22. The second-order valence-electron chi connectivity index (χ2n) is 5.57. The van der Waals surface area contributed by atoms with Crippen LogP contribution in [-0.4, -0.2) is 39.3 Å². The number of aryl methyl sites for hydroxylation is 1. The Morgan fingerprint density at radius 1 is 1.12 bits per heavy atom. The van der Waals surface area contributed by atoms with Gasteiger partial charge in [-0.2, -0.15) is 15.1 Å². The van der Waals surface area contributed by atoms with Crippen molar-refractivity contribution in [3.63, 3.8) is 0 Å². The predicted octanol–water partition coefficient (Wildman–Crippen LogP) is 2.15. The van der Waals surface area contributed by atoms with Gasteiger partial charge in [0.15, 0.2) is 5.65 Å². The van der Waals surface area contributed by atoms with Crippen LogP contribution in [0.4, 0.5) is 20.5 Å². The van der Waals surface area contributed by atoms with Crippen molar-refractivity contribution >= 4 is 22.8 Å². The van der Waals surface area contributed by atoms with E-state index in [0.29, 0.717) is 29.3 Å². The van der Waals surface area contributed by atoms with E-state index < -0.39 is 13.0 Å². The number of hydrogen-bond acceptors (Lipinski definition) is 6. The van der Waals surface area contributed by atoms with Crippen molar-refractivity contribution in [3.8, 4) is 0 Å². The van der Waals surface area contributed by atoms with Gasteiger partial charge >= 0.3 is 0 Å². The van der Waals surface area contributed by atoms with E-state index in [-0.39, 0.29) is 6.04 Å². The number of aromatic nitrogens is 4. The van der Waals surface area contributed by atoms with E-state index in [1.165, 1.54) is 0 Å². The number of anilines is 2. The van der Waals surface area contributed by atoms with E-state index in [0.717, 1.165) is 5.56 Å². The Bertz CT molecular complexity index is 835. The number of nitrogens with zero attached hydrogens (tertiary/aromatic N) is 4. The summed E-state index contributed by atoms with van der Waals surface area (Å²) in [5.74, 6) is 0.619. The lowest BCUT2D eigenvalue weighted by Gasteiger charge is -2.14. The van der Waals surface area contributed by atoms with Crippen molar-refractivity contribution in [1.29, 1.82) is 0 Å². The maximum atomic E-state index is 12.5. The van der Waals surface area contributed by atoms with Gasteiger partial charge in [-0.05, 0) is 5.56 Å². The molecule has 0 aliphatic heterocycles. The molecule has 132 valence electrons. The highest BCUT2D eigenvalue weighted by molar-refractivity contribution is 5.87. The highest BCUT2D eigenvalue weighted by atomic mass is 19.3. The van der Waals surface area contributed by atoms with Crippen LogP contribution in [0.15, 0.2) is 36.5 Å². The molecule has 0 saturated heterocycles. The summed E-state index contributed by atoms with van der Waals surface area (Å²) < 4.78 is 26.6. The van der Waals surface area contributed by atoms with Gasteiger partial charge in [-0.15, -0.1) is 0 Å². The maximum Gasteiger partial charge on any atom is 0.255 e. The standard InChI is InChI=1S/C16H19F2N7/c1-25-15-11(7-22-25)14(20-9-13(17)18)23-16(24-15)21-8-12(19)10-5-3-2-4-6-10/h2-7,12-13H,8-9,19H2,1H3,(H2,20,21,23,24)/t12-/m0/s1. The number of fused-ring (bicyclic) bond motifs is 1. The van der Waals surface area contributed by atoms with Gasteiger partial charge in [0.05, 0.1) is 18.1 Å². The molecule has 0 aliphatic rings. The molecule has 1 aromatic carbocycles. The van der Waals surface area contributed by atoms with Crippen LogP contribution in [0, 0.1) is 0 Å². The Balaban J connectivity index is 1.79. The number of halogens is 2. The van der Waals surface area contributed by atoms with E-state index in [4.69, 9.17) is 5.73 Å². The normalized spacial score (nSPS) is 12.5. The third-order valence-electron chi connectivity index (χ3n) is 3.72. The van der Waals surface area contributed by atoms with Gasteiger partial charge in [0.25, 0.3) is 6.43 Å². The minimum atomic E-state index is -2.48. The van der Waals surface area contributed by atoms with E-state index in [1.54, 1.807) is 17.9 Å². The summed E-state index contributed by atoms with van der Waals surface area (Å²) in [7, 11) is 1.73. The van der Waals surface area contributed by atoms with Crippen LogP contribution < -0.4 is 16.4 Å². The summed E-state index contributed by atoms with van der Waals surface area (Å²) in [6, 6.07) is 9.38. The lowest BCUT2D eigenvalue weighted by atomic mass is 10.1. The topological polar surface area (TPSA) is 93.7 Å². The van der Waals surface area contributed by atoms with E-state index in [2.05, 4.69) is 25.7 Å². The zero-order chi connectivity index (χ0) is 17.8. The molecule has 0 radical (unpaired) electrons. The van der Waals surface area contributed by atoms with Crippen molar-refractivity contribution in [1.82, 2.24) is 19.7 Å². The van der Waals surface area contributed by atoms with Gasteiger partial charge < -0.3 is 16.4 Å². The first-order valence-corrected chi connectivity index (χ1v) is 7.80. The molecule has 0 aliphatic carbocycles. The number of nitrogens with one attached hydrogen (secondary N) is 2. The third-order valence-corrected chi connectivity index (χ3v) is 3.72. The van der Waals surface area contributed by atoms with Gasteiger partial charge in [-0.25, -0.2) is 8.78 Å². The van der Waals surface area contributed by atoms with Gasteiger partial charge in [0.1, 0.15) is 5.82 Å². The first-order valence-electron chi connectivity index (χ1n) is 7.80. The average molecular weight is 347 g/mol. The molecule has 0 amide bonds.